The monoisotopic (exact) mass is 313 g/mol. The van der Waals surface area contributed by atoms with Crippen molar-refractivity contribution in [1.29, 1.82) is 0 Å². The minimum Gasteiger partial charge on any atom is -0.457 e. The van der Waals surface area contributed by atoms with Gasteiger partial charge in [-0.25, -0.2) is 6.57 Å². The van der Waals surface area contributed by atoms with E-state index in [4.69, 9.17) is 11.3 Å². The van der Waals surface area contributed by atoms with Gasteiger partial charge in [0.25, 0.3) is 5.54 Å². The molecule has 0 aliphatic heterocycles. The lowest BCUT2D eigenvalue weighted by Gasteiger charge is -2.18. The van der Waals surface area contributed by atoms with Crippen molar-refractivity contribution < 1.29 is 14.3 Å². The van der Waals surface area contributed by atoms with E-state index in [0.717, 1.165) is 31.2 Å². The molecule has 2 rings (SSSR count). The van der Waals surface area contributed by atoms with Crippen molar-refractivity contribution in [3.63, 3.8) is 0 Å². The molecule has 4 heteroatoms. The number of nitrogens with zero attached hydrogens (tertiary/aromatic N) is 1. The molecular weight excluding hydrogens is 290 g/mol. The fourth-order valence-electron chi connectivity index (χ4n) is 2.82. The van der Waals surface area contributed by atoms with Crippen LogP contribution in [-0.2, 0) is 9.53 Å². The summed E-state index contributed by atoms with van der Waals surface area (Å²) >= 11 is 0. The van der Waals surface area contributed by atoms with Gasteiger partial charge in [-0.15, -0.1) is 0 Å². The average molecular weight is 313 g/mol. The molecule has 1 aliphatic rings. The van der Waals surface area contributed by atoms with Crippen LogP contribution in [0, 0.1) is 19.4 Å². The number of carbonyl (C=O) groups is 2. The summed E-state index contributed by atoms with van der Waals surface area (Å²) in [6.45, 7) is 11.0. The molecule has 1 fully saturated rings. The Bertz CT molecular complexity index is 608. The molecule has 0 amide bonds. The van der Waals surface area contributed by atoms with E-state index in [0.29, 0.717) is 5.56 Å². The van der Waals surface area contributed by atoms with E-state index < -0.39 is 5.54 Å². The minimum atomic E-state index is -1.00. The normalized spacial score (nSPS) is 17.3. The highest BCUT2D eigenvalue weighted by atomic mass is 16.5. The van der Waals surface area contributed by atoms with E-state index >= 15 is 0 Å². The third-order valence-electron chi connectivity index (χ3n) is 4.40. The number of benzene rings is 1. The first-order chi connectivity index (χ1) is 10.9. The Kier molecular flexibility index (Phi) is 5.54. The first kappa shape index (κ1) is 17.2. The fraction of sp³-hybridized carbons (Fsp3) is 0.526. The predicted octanol–water partition coefficient (Wildman–Crippen LogP) is 3.98. The van der Waals surface area contributed by atoms with Crippen LogP contribution in [0.3, 0.4) is 0 Å². The molecule has 0 saturated heterocycles. The average Bonchev–Trinajstić information content (AvgIpc) is 3.08. The topological polar surface area (TPSA) is 47.7 Å². The molecule has 0 aromatic heterocycles. The Morgan fingerprint density at radius 2 is 1.87 bits per heavy atom. The van der Waals surface area contributed by atoms with Crippen LogP contribution in [-0.4, -0.2) is 23.9 Å². The number of esters is 1. The van der Waals surface area contributed by atoms with Crippen molar-refractivity contribution in [2.75, 3.05) is 6.61 Å². The van der Waals surface area contributed by atoms with Gasteiger partial charge in [0, 0.05) is 12.5 Å². The maximum absolute atomic E-state index is 12.3. The van der Waals surface area contributed by atoms with Gasteiger partial charge in [0.05, 0.1) is 12.3 Å². The summed E-state index contributed by atoms with van der Waals surface area (Å²) < 4.78 is 5.33. The third kappa shape index (κ3) is 4.66. The highest BCUT2D eigenvalue weighted by molar-refractivity contribution is 5.97. The minimum absolute atomic E-state index is 0.0244. The lowest BCUT2D eigenvalue weighted by atomic mass is 9.93. The first-order valence-electron chi connectivity index (χ1n) is 8.09. The Morgan fingerprint density at radius 3 is 2.43 bits per heavy atom. The Balaban J connectivity index is 1.94. The number of Topliss-reactive ketones (excluding diaryl/α,β-unsaturated/α-hetero) is 1. The number of hydrogen-bond acceptors (Lipinski definition) is 3. The van der Waals surface area contributed by atoms with Crippen LogP contribution in [0.2, 0.25) is 0 Å². The van der Waals surface area contributed by atoms with Gasteiger partial charge in [0.15, 0.2) is 12.4 Å². The van der Waals surface area contributed by atoms with Crippen LogP contribution < -0.4 is 0 Å². The summed E-state index contributed by atoms with van der Waals surface area (Å²) in [6, 6.07) is 7.30. The maximum atomic E-state index is 12.3. The van der Waals surface area contributed by atoms with Gasteiger partial charge in [-0.05, 0) is 19.8 Å². The fourth-order valence-corrected chi connectivity index (χ4v) is 2.82. The number of rotatable bonds is 6. The number of carbonyl (C=O) groups excluding carboxylic acids is 2. The van der Waals surface area contributed by atoms with Crippen molar-refractivity contribution in [3.8, 4) is 0 Å². The van der Waals surface area contributed by atoms with Gasteiger partial charge in [-0.3, -0.25) is 9.59 Å². The largest absolute Gasteiger partial charge is 0.457 e. The second-order valence-electron chi connectivity index (χ2n) is 6.66. The molecule has 0 spiro atoms. The van der Waals surface area contributed by atoms with Gasteiger partial charge in [0.1, 0.15) is 0 Å². The van der Waals surface area contributed by atoms with Crippen molar-refractivity contribution in [2.45, 2.75) is 51.5 Å². The van der Waals surface area contributed by atoms with Crippen LogP contribution in [0.4, 0.5) is 0 Å². The highest BCUT2D eigenvalue weighted by Gasteiger charge is 2.37. The van der Waals surface area contributed by atoms with E-state index in [1.165, 1.54) is 0 Å². The van der Waals surface area contributed by atoms with Gasteiger partial charge in [-0.1, -0.05) is 42.7 Å². The quantitative estimate of drug-likeness (QED) is 0.453. The molecule has 23 heavy (non-hydrogen) atoms. The molecule has 0 N–H and O–H groups in total. The molecule has 1 unspecified atom stereocenters. The molecule has 4 nitrogen and oxygen atoms in total. The SMILES string of the molecule is [C-]#[N+]C(C)(COC(=O)C1CCCC1)CC(=O)c1ccc(C)cc1. The zero-order valence-corrected chi connectivity index (χ0v) is 13.8. The van der Waals surface area contributed by atoms with Crippen molar-refractivity contribution in [1.82, 2.24) is 0 Å². The third-order valence-corrected chi connectivity index (χ3v) is 4.40. The summed E-state index contributed by atoms with van der Waals surface area (Å²) in [4.78, 5) is 27.9. The maximum Gasteiger partial charge on any atom is 0.309 e. The Hall–Kier alpha value is -2.15. The Morgan fingerprint density at radius 1 is 1.26 bits per heavy atom. The smallest absolute Gasteiger partial charge is 0.309 e. The van der Waals surface area contributed by atoms with E-state index in [1.807, 2.05) is 19.1 Å². The molecule has 0 bridgehead atoms. The molecule has 1 saturated carbocycles. The predicted molar refractivity (Wildman–Crippen MR) is 88.1 cm³/mol. The van der Waals surface area contributed by atoms with Crippen LogP contribution in [0.25, 0.3) is 4.85 Å². The summed E-state index contributed by atoms with van der Waals surface area (Å²) in [7, 11) is 0. The molecule has 1 atom stereocenters. The van der Waals surface area contributed by atoms with Gasteiger partial charge in [-0.2, -0.15) is 0 Å². The van der Waals surface area contributed by atoms with Crippen LogP contribution >= 0.6 is 0 Å². The second kappa shape index (κ2) is 7.41. The molecule has 1 aliphatic carbocycles. The molecular formula is C19H23NO3. The standard InChI is InChI=1S/C19H23NO3/c1-14-8-10-15(11-9-14)17(21)12-19(2,20-3)13-23-18(22)16-6-4-5-7-16/h8-11,16H,4-7,12-13H2,1-2H3. The summed E-state index contributed by atoms with van der Waals surface area (Å²) in [5, 5.41) is 0. The molecule has 1 aromatic carbocycles. The van der Waals surface area contributed by atoms with E-state index in [-0.39, 0.29) is 30.7 Å². The first-order valence-corrected chi connectivity index (χ1v) is 8.09. The van der Waals surface area contributed by atoms with Gasteiger partial charge >= 0.3 is 5.97 Å². The zero-order valence-electron chi connectivity index (χ0n) is 13.8. The number of ether oxygens (including phenoxy) is 1. The van der Waals surface area contributed by atoms with E-state index in [2.05, 4.69) is 4.85 Å². The van der Waals surface area contributed by atoms with Crippen LogP contribution in [0.1, 0.15) is 54.9 Å². The van der Waals surface area contributed by atoms with Gasteiger partial charge in [0.2, 0.25) is 0 Å². The summed E-state index contributed by atoms with van der Waals surface area (Å²) in [5.74, 6) is -0.349. The lowest BCUT2D eigenvalue weighted by Crippen LogP contribution is -2.32. The summed E-state index contributed by atoms with van der Waals surface area (Å²) in [6.07, 6.45) is 3.92. The molecule has 0 heterocycles. The van der Waals surface area contributed by atoms with Crippen molar-refractivity contribution in [2.24, 2.45) is 5.92 Å². The van der Waals surface area contributed by atoms with Crippen molar-refractivity contribution >= 4 is 11.8 Å². The zero-order chi connectivity index (χ0) is 16.9. The highest BCUT2D eigenvalue weighted by Crippen LogP contribution is 2.27. The molecule has 1 aromatic rings. The Labute approximate surface area is 137 Å². The number of aryl methyl sites for hydroxylation is 1. The summed E-state index contributed by atoms with van der Waals surface area (Å²) in [5.41, 5.74) is 0.670. The number of ketones is 1. The van der Waals surface area contributed by atoms with Crippen LogP contribution in [0.5, 0.6) is 0 Å². The van der Waals surface area contributed by atoms with Crippen molar-refractivity contribution in [3.05, 3.63) is 46.8 Å². The van der Waals surface area contributed by atoms with Crippen LogP contribution in [0.15, 0.2) is 24.3 Å². The number of hydrogen-bond donors (Lipinski definition) is 0. The second-order valence-corrected chi connectivity index (χ2v) is 6.66. The van der Waals surface area contributed by atoms with E-state index in [1.54, 1.807) is 19.1 Å². The van der Waals surface area contributed by atoms with E-state index in [9.17, 15) is 9.59 Å². The lowest BCUT2D eigenvalue weighted by molar-refractivity contribution is -0.149. The molecule has 0 radical (unpaired) electrons. The molecule has 122 valence electrons. The van der Waals surface area contributed by atoms with Gasteiger partial charge < -0.3 is 9.58 Å².